The summed E-state index contributed by atoms with van der Waals surface area (Å²) in [7, 11) is 2.24. The molecule has 1 aliphatic heterocycles. The van der Waals surface area contributed by atoms with Gasteiger partial charge >= 0.3 is 0 Å². The number of nitrogens with zero attached hydrogens (tertiary/aromatic N) is 2. The molecule has 1 saturated heterocycles. The van der Waals surface area contributed by atoms with Crippen LogP contribution in [-0.2, 0) is 0 Å². The first-order chi connectivity index (χ1) is 9.54. The molecule has 5 fully saturated rings. The summed E-state index contributed by atoms with van der Waals surface area (Å²) in [5, 5.41) is 12.5. The van der Waals surface area contributed by atoms with Gasteiger partial charge < -0.3 is 9.59 Å². The molecule has 5 rings (SSSR count). The molecule has 4 aliphatic carbocycles. The van der Waals surface area contributed by atoms with Crippen LogP contribution in [-0.4, -0.2) is 42.6 Å². The fraction of sp³-hybridized carbons (Fsp3) is 0.941. The minimum Gasteiger partial charge on any atom is -0.858 e. The van der Waals surface area contributed by atoms with E-state index in [1.807, 2.05) is 0 Å². The number of aliphatic imine (C=N–C) groups is 1. The van der Waals surface area contributed by atoms with E-state index in [0.29, 0.717) is 6.54 Å². The maximum Gasteiger partial charge on any atom is 0.107 e. The smallest absolute Gasteiger partial charge is 0.107 e. The average molecular weight is 404 g/mol. The van der Waals surface area contributed by atoms with Crippen LogP contribution < -0.4 is 5.11 Å². The maximum absolute atomic E-state index is 12.5. The molecular formula is C17H29IN2O. The molecule has 0 spiro atoms. The Morgan fingerprint density at radius 3 is 2.00 bits per heavy atom. The Bertz CT molecular complexity index is 393. The summed E-state index contributed by atoms with van der Waals surface area (Å²) in [5.74, 6) is 2.86. The first kappa shape index (κ1) is 16.0. The molecule has 4 saturated carbocycles. The van der Waals surface area contributed by atoms with Crippen LogP contribution >= 0.6 is 24.0 Å². The van der Waals surface area contributed by atoms with E-state index < -0.39 is 0 Å². The van der Waals surface area contributed by atoms with Crippen molar-refractivity contribution in [2.24, 2.45) is 22.7 Å². The molecule has 0 atom stereocenters. The molecule has 0 aromatic rings. The molecular weight excluding hydrogens is 375 g/mol. The van der Waals surface area contributed by atoms with Crippen LogP contribution in [0.4, 0.5) is 0 Å². The summed E-state index contributed by atoms with van der Waals surface area (Å²) in [6, 6.07) is 0. The van der Waals surface area contributed by atoms with Crippen LogP contribution in [0, 0.1) is 17.8 Å². The van der Waals surface area contributed by atoms with Crippen molar-refractivity contribution in [2.45, 2.75) is 56.9 Å². The number of rotatable bonds is 3. The van der Waals surface area contributed by atoms with Gasteiger partial charge in [0.05, 0.1) is 25.7 Å². The van der Waals surface area contributed by atoms with Crippen molar-refractivity contribution in [3.8, 4) is 0 Å². The minimum absolute atomic E-state index is 0. The molecule has 0 radical (unpaired) electrons. The number of hydrogen-bond donors (Lipinski definition) is 0. The Morgan fingerprint density at radius 1 is 1.05 bits per heavy atom. The first-order valence-corrected chi connectivity index (χ1v) is 8.64. The van der Waals surface area contributed by atoms with Gasteiger partial charge in [0.1, 0.15) is 6.54 Å². The summed E-state index contributed by atoms with van der Waals surface area (Å²) in [6.07, 6.45) is 10.5. The third kappa shape index (κ3) is 3.12. The Kier molecular flexibility index (Phi) is 4.32. The monoisotopic (exact) mass is 404 g/mol. The molecule has 4 bridgehead atoms. The summed E-state index contributed by atoms with van der Waals surface area (Å²) in [4.78, 5) is 4.82. The van der Waals surface area contributed by atoms with Crippen molar-refractivity contribution in [3.63, 3.8) is 0 Å². The third-order valence-corrected chi connectivity index (χ3v) is 6.53. The van der Waals surface area contributed by atoms with E-state index in [2.05, 4.69) is 7.05 Å². The van der Waals surface area contributed by atoms with E-state index in [-0.39, 0.29) is 35.4 Å². The largest absolute Gasteiger partial charge is 0.858 e. The third-order valence-electron chi connectivity index (χ3n) is 6.53. The van der Waals surface area contributed by atoms with E-state index in [1.165, 1.54) is 64.5 Å². The Hall–Kier alpha value is 0.160. The summed E-state index contributed by atoms with van der Waals surface area (Å²) < 4.78 is 0.939. The van der Waals surface area contributed by atoms with Crippen molar-refractivity contribution < 1.29 is 9.59 Å². The minimum atomic E-state index is 0. The highest BCUT2D eigenvalue weighted by molar-refractivity contribution is 14.0. The predicted octanol–water partition coefficient (Wildman–Crippen LogP) is 2.57. The molecule has 3 nitrogen and oxygen atoms in total. The second-order valence-corrected chi connectivity index (χ2v) is 8.58. The lowest BCUT2D eigenvalue weighted by Gasteiger charge is -2.55. The topological polar surface area (TPSA) is 35.4 Å². The van der Waals surface area contributed by atoms with Crippen LogP contribution in [0.15, 0.2) is 4.99 Å². The van der Waals surface area contributed by atoms with Crippen LogP contribution in [0.1, 0.15) is 51.4 Å². The lowest BCUT2D eigenvalue weighted by molar-refractivity contribution is -0.890. The van der Waals surface area contributed by atoms with Gasteiger partial charge in [0.2, 0.25) is 0 Å². The Labute approximate surface area is 145 Å². The summed E-state index contributed by atoms with van der Waals surface area (Å²) in [5.41, 5.74) is 0.0741. The molecule has 0 aromatic carbocycles. The van der Waals surface area contributed by atoms with Crippen LogP contribution in [0.25, 0.3) is 0 Å². The van der Waals surface area contributed by atoms with E-state index in [9.17, 15) is 5.11 Å². The highest BCUT2D eigenvalue weighted by Gasteiger charge is 2.50. The van der Waals surface area contributed by atoms with Gasteiger partial charge in [-0.15, -0.1) is 24.0 Å². The van der Waals surface area contributed by atoms with Crippen LogP contribution in [0.5, 0.6) is 0 Å². The number of quaternary nitrogens is 1. The fourth-order valence-corrected chi connectivity index (χ4v) is 6.09. The van der Waals surface area contributed by atoms with Crippen LogP contribution in [0.2, 0.25) is 0 Å². The zero-order chi connectivity index (χ0) is 13.8. The zero-order valence-corrected chi connectivity index (χ0v) is 15.6. The SMILES string of the molecule is C[N+]1(CC([O-])=NC23CC4CC(CC(C4)C2)C3)CCCC1.I. The molecule has 0 amide bonds. The lowest BCUT2D eigenvalue weighted by Crippen LogP contribution is -2.53. The second-order valence-electron chi connectivity index (χ2n) is 8.58. The number of likely N-dealkylation sites (N-methyl/N-ethyl adjacent to an activating group) is 1. The Balaban J connectivity index is 0.00000132. The van der Waals surface area contributed by atoms with Crippen molar-refractivity contribution >= 4 is 29.9 Å². The number of likely N-dealkylation sites (tertiary alicyclic amines) is 1. The molecule has 4 heteroatoms. The zero-order valence-electron chi connectivity index (χ0n) is 13.2. The first-order valence-electron chi connectivity index (χ1n) is 8.64. The van der Waals surface area contributed by atoms with E-state index in [1.54, 1.807) is 0 Å². The van der Waals surface area contributed by atoms with Gasteiger partial charge in [0.15, 0.2) is 0 Å². The van der Waals surface area contributed by atoms with Crippen LogP contribution in [0.3, 0.4) is 0 Å². The highest BCUT2D eigenvalue weighted by Crippen LogP contribution is 2.57. The normalized spacial score (nSPS) is 43.9. The summed E-state index contributed by atoms with van der Waals surface area (Å²) >= 11 is 0. The highest BCUT2D eigenvalue weighted by atomic mass is 127. The lowest BCUT2D eigenvalue weighted by atomic mass is 9.53. The number of hydrogen-bond acceptors (Lipinski definition) is 2. The molecule has 21 heavy (non-hydrogen) atoms. The Morgan fingerprint density at radius 2 is 1.52 bits per heavy atom. The van der Waals surface area contributed by atoms with Crippen molar-refractivity contribution in [3.05, 3.63) is 0 Å². The molecule has 0 N–H and O–H groups in total. The van der Waals surface area contributed by atoms with Gasteiger partial charge in [-0.05, 0) is 56.3 Å². The van der Waals surface area contributed by atoms with Gasteiger partial charge in [0, 0.05) is 18.7 Å². The standard InChI is InChI=1S/C17H28N2O.HI/c1-19(4-2-3-5-19)12-16(20)18-17-9-13-6-14(10-17)8-15(7-13)11-17;/h13-15H,2-12H2,1H3;1H. The molecule has 120 valence electrons. The van der Waals surface area contributed by atoms with Gasteiger partial charge in [0.25, 0.3) is 0 Å². The molecule has 5 aliphatic rings. The van der Waals surface area contributed by atoms with Gasteiger partial charge in [-0.1, -0.05) is 0 Å². The molecule has 0 aromatic heterocycles. The maximum atomic E-state index is 12.5. The van der Waals surface area contributed by atoms with Crippen molar-refractivity contribution in [1.29, 1.82) is 0 Å². The summed E-state index contributed by atoms with van der Waals surface area (Å²) in [6.45, 7) is 2.99. The van der Waals surface area contributed by atoms with E-state index in [4.69, 9.17) is 4.99 Å². The predicted molar refractivity (Wildman–Crippen MR) is 93.8 cm³/mol. The fourth-order valence-electron chi connectivity index (χ4n) is 6.09. The van der Waals surface area contributed by atoms with Crippen molar-refractivity contribution in [2.75, 3.05) is 26.7 Å². The van der Waals surface area contributed by atoms with Gasteiger partial charge in [-0.2, -0.15) is 0 Å². The van der Waals surface area contributed by atoms with Gasteiger partial charge in [-0.3, -0.25) is 4.99 Å². The second kappa shape index (κ2) is 5.66. The average Bonchev–Trinajstić information content (AvgIpc) is 2.72. The van der Waals surface area contributed by atoms with Crippen molar-refractivity contribution in [1.82, 2.24) is 0 Å². The van der Waals surface area contributed by atoms with E-state index in [0.717, 1.165) is 22.2 Å². The molecule has 0 unspecified atom stereocenters. The molecule has 1 heterocycles. The van der Waals surface area contributed by atoms with E-state index >= 15 is 0 Å². The van der Waals surface area contributed by atoms with Gasteiger partial charge in [-0.25, -0.2) is 0 Å². The quantitative estimate of drug-likeness (QED) is 0.308. The number of halogens is 1.